The van der Waals surface area contributed by atoms with Crippen molar-refractivity contribution < 1.29 is 14.3 Å². The second-order valence-corrected chi connectivity index (χ2v) is 6.56. The van der Waals surface area contributed by atoms with Crippen LogP contribution in [0, 0.1) is 5.92 Å². The van der Waals surface area contributed by atoms with Gasteiger partial charge >= 0.3 is 0 Å². The van der Waals surface area contributed by atoms with Gasteiger partial charge in [-0.15, -0.1) is 0 Å². The number of methoxy groups -OCH3 is 1. The van der Waals surface area contributed by atoms with Crippen LogP contribution in [0.2, 0.25) is 0 Å². The Morgan fingerprint density at radius 3 is 2.38 bits per heavy atom. The van der Waals surface area contributed by atoms with Crippen molar-refractivity contribution in [3.05, 3.63) is 59.7 Å². The predicted molar refractivity (Wildman–Crippen MR) is 101 cm³/mol. The van der Waals surface area contributed by atoms with Gasteiger partial charge in [0.1, 0.15) is 5.75 Å². The molecule has 0 spiro atoms. The number of benzene rings is 2. The normalized spacial score (nSPS) is 16.6. The van der Waals surface area contributed by atoms with Crippen molar-refractivity contribution >= 4 is 17.5 Å². The summed E-state index contributed by atoms with van der Waals surface area (Å²) in [5.41, 5.74) is 3.02. The summed E-state index contributed by atoms with van der Waals surface area (Å²) >= 11 is 0. The fourth-order valence-corrected chi connectivity index (χ4v) is 3.12. The highest BCUT2D eigenvalue weighted by atomic mass is 16.5. The van der Waals surface area contributed by atoms with Crippen molar-refractivity contribution in [2.24, 2.45) is 5.92 Å². The molecule has 0 saturated carbocycles. The Kier molecular flexibility index (Phi) is 5.56. The molecule has 1 heterocycles. The number of hydrogen-bond acceptors (Lipinski definition) is 3. The lowest BCUT2D eigenvalue weighted by atomic mass is 10.1. The van der Waals surface area contributed by atoms with Crippen molar-refractivity contribution in [3.63, 3.8) is 0 Å². The summed E-state index contributed by atoms with van der Waals surface area (Å²) in [6.45, 7) is 3.05. The number of nitrogens with zero attached hydrogens (tertiary/aromatic N) is 1. The molecule has 1 aliphatic heterocycles. The van der Waals surface area contributed by atoms with Crippen LogP contribution in [0.3, 0.4) is 0 Å². The first-order chi connectivity index (χ1) is 12.6. The summed E-state index contributed by atoms with van der Waals surface area (Å²) in [5.74, 6) is 0.390. The summed E-state index contributed by atoms with van der Waals surface area (Å²) in [5, 5.41) is 2.92. The van der Waals surface area contributed by atoms with Gasteiger partial charge in [-0.2, -0.15) is 0 Å². The summed E-state index contributed by atoms with van der Waals surface area (Å²) in [4.78, 5) is 26.5. The number of carbonyl (C=O) groups excluding carboxylic acids is 2. The lowest BCUT2D eigenvalue weighted by Gasteiger charge is -2.17. The summed E-state index contributed by atoms with van der Waals surface area (Å²) in [7, 11) is 1.62. The SMILES string of the molecule is CCc1ccc(NC(=O)C2CC(=O)N(Cc3ccc(OC)cc3)C2)cc1. The number of amides is 2. The van der Waals surface area contributed by atoms with E-state index >= 15 is 0 Å². The highest BCUT2D eigenvalue weighted by Crippen LogP contribution is 2.23. The lowest BCUT2D eigenvalue weighted by molar-refractivity contribution is -0.128. The molecule has 1 aliphatic rings. The van der Waals surface area contributed by atoms with Gasteiger partial charge in [0.15, 0.2) is 0 Å². The van der Waals surface area contributed by atoms with E-state index in [4.69, 9.17) is 4.74 Å². The van der Waals surface area contributed by atoms with Gasteiger partial charge in [0.2, 0.25) is 11.8 Å². The van der Waals surface area contributed by atoms with Gasteiger partial charge in [-0.1, -0.05) is 31.2 Å². The van der Waals surface area contributed by atoms with E-state index in [-0.39, 0.29) is 24.2 Å². The Balaban J connectivity index is 1.58. The van der Waals surface area contributed by atoms with Crippen LogP contribution >= 0.6 is 0 Å². The minimum absolute atomic E-state index is 0.0160. The van der Waals surface area contributed by atoms with Gasteiger partial charge < -0.3 is 15.0 Å². The Hall–Kier alpha value is -2.82. The van der Waals surface area contributed by atoms with Crippen LogP contribution in [0.5, 0.6) is 5.75 Å². The van der Waals surface area contributed by atoms with Crippen LogP contribution < -0.4 is 10.1 Å². The first-order valence-electron chi connectivity index (χ1n) is 8.89. The van der Waals surface area contributed by atoms with Gasteiger partial charge in [0.05, 0.1) is 13.0 Å². The molecule has 2 aromatic carbocycles. The highest BCUT2D eigenvalue weighted by Gasteiger charge is 2.34. The van der Waals surface area contributed by atoms with E-state index in [1.165, 1.54) is 5.56 Å². The summed E-state index contributed by atoms with van der Waals surface area (Å²) in [6.07, 6.45) is 1.22. The molecule has 2 aromatic rings. The molecule has 5 nitrogen and oxygen atoms in total. The van der Waals surface area contributed by atoms with Crippen LogP contribution in [0.25, 0.3) is 0 Å². The third-order valence-electron chi connectivity index (χ3n) is 4.75. The van der Waals surface area contributed by atoms with Crippen molar-refractivity contribution in [1.29, 1.82) is 0 Å². The zero-order valence-electron chi connectivity index (χ0n) is 15.2. The number of carbonyl (C=O) groups is 2. The number of likely N-dealkylation sites (tertiary alicyclic amines) is 1. The second-order valence-electron chi connectivity index (χ2n) is 6.56. The maximum atomic E-state index is 12.5. The number of nitrogens with one attached hydrogen (secondary N) is 1. The van der Waals surface area contributed by atoms with E-state index in [1.807, 2.05) is 48.5 Å². The number of rotatable bonds is 6. The Morgan fingerprint density at radius 1 is 1.12 bits per heavy atom. The Morgan fingerprint density at radius 2 is 1.77 bits per heavy atom. The molecule has 1 fully saturated rings. The van der Waals surface area contributed by atoms with Crippen LogP contribution in [0.4, 0.5) is 5.69 Å². The maximum absolute atomic E-state index is 12.5. The van der Waals surface area contributed by atoms with Crippen LogP contribution in [0.1, 0.15) is 24.5 Å². The molecule has 26 heavy (non-hydrogen) atoms. The molecule has 0 aromatic heterocycles. The molecule has 1 atom stereocenters. The van der Waals surface area contributed by atoms with Gasteiger partial charge in [-0.25, -0.2) is 0 Å². The first-order valence-corrected chi connectivity index (χ1v) is 8.89. The molecular weight excluding hydrogens is 328 g/mol. The van der Waals surface area contributed by atoms with Crippen LogP contribution in [-0.2, 0) is 22.6 Å². The zero-order chi connectivity index (χ0) is 18.5. The van der Waals surface area contributed by atoms with Gasteiger partial charge in [-0.3, -0.25) is 9.59 Å². The number of hydrogen-bond donors (Lipinski definition) is 1. The van der Waals surface area contributed by atoms with Crippen molar-refractivity contribution in [1.82, 2.24) is 4.90 Å². The quantitative estimate of drug-likeness (QED) is 0.868. The van der Waals surface area contributed by atoms with E-state index < -0.39 is 0 Å². The number of anilines is 1. The van der Waals surface area contributed by atoms with Gasteiger partial charge in [0, 0.05) is 25.2 Å². The smallest absolute Gasteiger partial charge is 0.229 e. The Bertz CT molecular complexity index is 769. The molecule has 0 radical (unpaired) electrons. The largest absolute Gasteiger partial charge is 0.497 e. The molecule has 2 amide bonds. The minimum atomic E-state index is -0.313. The average Bonchev–Trinajstić information content (AvgIpc) is 3.03. The van der Waals surface area contributed by atoms with Crippen molar-refractivity contribution in [2.75, 3.05) is 19.0 Å². The Labute approximate surface area is 154 Å². The summed E-state index contributed by atoms with van der Waals surface area (Å²) < 4.78 is 5.15. The standard InChI is InChI=1S/C21H24N2O3/c1-3-15-4-8-18(9-5-15)22-21(25)17-12-20(24)23(14-17)13-16-6-10-19(26-2)11-7-16/h4-11,17H,3,12-14H2,1-2H3,(H,22,25). The molecular formula is C21H24N2O3. The molecule has 0 aliphatic carbocycles. The van der Waals surface area contributed by atoms with Crippen LogP contribution in [-0.4, -0.2) is 30.4 Å². The van der Waals surface area contributed by atoms with E-state index in [0.29, 0.717) is 13.1 Å². The maximum Gasteiger partial charge on any atom is 0.229 e. The molecule has 3 rings (SSSR count). The lowest BCUT2D eigenvalue weighted by Crippen LogP contribution is -2.28. The molecule has 136 valence electrons. The molecule has 1 N–H and O–H groups in total. The molecule has 0 bridgehead atoms. The third-order valence-corrected chi connectivity index (χ3v) is 4.75. The van der Waals surface area contributed by atoms with Crippen molar-refractivity contribution in [3.8, 4) is 5.75 Å². The first kappa shape index (κ1) is 18.0. The van der Waals surface area contributed by atoms with Gasteiger partial charge in [0.25, 0.3) is 0 Å². The monoisotopic (exact) mass is 352 g/mol. The molecule has 1 unspecified atom stereocenters. The fraction of sp³-hybridized carbons (Fsp3) is 0.333. The van der Waals surface area contributed by atoms with E-state index in [2.05, 4.69) is 12.2 Å². The number of aryl methyl sites for hydroxylation is 1. The van der Waals surface area contributed by atoms with E-state index in [1.54, 1.807) is 12.0 Å². The minimum Gasteiger partial charge on any atom is -0.497 e. The van der Waals surface area contributed by atoms with E-state index in [9.17, 15) is 9.59 Å². The topological polar surface area (TPSA) is 58.6 Å². The molecule has 5 heteroatoms. The molecule has 1 saturated heterocycles. The van der Waals surface area contributed by atoms with Crippen molar-refractivity contribution in [2.45, 2.75) is 26.3 Å². The highest BCUT2D eigenvalue weighted by molar-refractivity contribution is 5.97. The van der Waals surface area contributed by atoms with Crippen LogP contribution in [0.15, 0.2) is 48.5 Å². The average molecular weight is 352 g/mol. The van der Waals surface area contributed by atoms with E-state index in [0.717, 1.165) is 23.4 Å². The summed E-state index contributed by atoms with van der Waals surface area (Å²) in [6, 6.07) is 15.5. The second kappa shape index (κ2) is 8.04. The fourth-order valence-electron chi connectivity index (χ4n) is 3.12. The number of ether oxygens (including phenoxy) is 1. The van der Waals surface area contributed by atoms with Gasteiger partial charge in [-0.05, 0) is 41.8 Å². The third kappa shape index (κ3) is 4.23. The zero-order valence-corrected chi connectivity index (χ0v) is 15.2. The predicted octanol–water partition coefficient (Wildman–Crippen LogP) is 3.24.